The zero-order valence-electron chi connectivity index (χ0n) is 14.7. The van der Waals surface area contributed by atoms with Crippen molar-refractivity contribution in [1.29, 1.82) is 0 Å². The summed E-state index contributed by atoms with van der Waals surface area (Å²) in [6, 6.07) is 6.83. The van der Waals surface area contributed by atoms with Crippen LogP contribution in [-0.4, -0.2) is 59.3 Å². The topological polar surface area (TPSA) is 102 Å². The molecule has 8 nitrogen and oxygen atoms in total. The summed E-state index contributed by atoms with van der Waals surface area (Å²) >= 11 is 1.57. The van der Waals surface area contributed by atoms with Gasteiger partial charge in [-0.3, -0.25) is 14.3 Å². The van der Waals surface area contributed by atoms with Gasteiger partial charge in [0.25, 0.3) is 0 Å². The molecule has 1 heterocycles. The molecule has 26 heavy (non-hydrogen) atoms. The van der Waals surface area contributed by atoms with E-state index < -0.39 is 17.9 Å². The fourth-order valence-corrected chi connectivity index (χ4v) is 2.87. The maximum Gasteiger partial charge on any atom is 0.328 e. The predicted octanol–water partition coefficient (Wildman–Crippen LogP) is 0.563. The maximum atomic E-state index is 12.1. The first-order valence-electron chi connectivity index (χ1n) is 8.08. The normalized spacial score (nSPS) is 11.8. The van der Waals surface area contributed by atoms with Crippen molar-refractivity contribution < 1.29 is 19.1 Å². The second kappa shape index (κ2) is 9.81. The van der Waals surface area contributed by atoms with Crippen LogP contribution < -0.4 is 10.6 Å². The number of rotatable bonds is 9. The second-order valence-electron chi connectivity index (χ2n) is 5.56. The molecule has 0 fully saturated rings. The van der Waals surface area contributed by atoms with E-state index in [1.54, 1.807) is 22.6 Å². The molecular weight excluding hydrogens is 356 g/mol. The smallest absolute Gasteiger partial charge is 0.328 e. The molecule has 0 unspecified atom stereocenters. The second-order valence-corrected chi connectivity index (χ2v) is 6.55. The molecular formula is C17H22N4O4S. The Bertz CT molecular complexity index is 777. The highest BCUT2D eigenvalue weighted by molar-refractivity contribution is 7.98. The Morgan fingerprint density at radius 1 is 1.27 bits per heavy atom. The molecule has 2 amide bonds. The minimum atomic E-state index is -0.716. The van der Waals surface area contributed by atoms with Crippen LogP contribution in [0.1, 0.15) is 6.42 Å². The van der Waals surface area contributed by atoms with Crippen LogP contribution in [0.5, 0.6) is 0 Å². The first kappa shape index (κ1) is 19.8. The SMILES string of the molecule is COC(=O)[C@H](CCSC)NC(=O)CNC(=O)Cn1ncc2ccccc21. The number of para-hydroxylation sites is 1. The van der Waals surface area contributed by atoms with Gasteiger partial charge in [0.1, 0.15) is 12.6 Å². The van der Waals surface area contributed by atoms with Crippen LogP contribution in [0.4, 0.5) is 0 Å². The summed E-state index contributed by atoms with van der Waals surface area (Å²) in [6.45, 7) is -0.210. The Morgan fingerprint density at radius 3 is 2.77 bits per heavy atom. The molecule has 0 bridgehead atoms. The molecule has 1 aromatic heterocycles. The monoisotopic (exact) mass is 378 g/mol. The highest BCUT2D eigenvalue weighted by Gasteiger charge is 2.21. The van der Waals surface area contributed by atoms with Gasteiger partial charge in [-0.2, -0.15) is 16.9 Å². The summed E-state index contributed by atoms with van der Waals surface area (Å²) < 4.78 is 6.25. The molecule has 2 aromatic rings. The van der Waals surface area contributed by atoms with E-state index in [2.05, 4.69) is 20.5 Å². The third-order valence-corrected chi connectivity index (χ3v) is 4.37. The zero-order valence-corrected chi connectivity index (χ0v) is 15.5. The number of benzene rings is 1. The number of aromatic nitrogens is 2. The van der Waals surface area contributed by atoms with Crippen molar-refractivity contribution in [3.63, 3.8) is 0 Å². The number of nitrogens with zero attached hydrogens (tertiary/aromatic N) is 2. The fraction of sp³-hybridized carbons (Fsp3) is 0.412. The van der Waals surface area contributed by atoms with Gasteiger partial charge in [-0.25, -0.2) is 4.79 Å². The lowest BCUT2D eigenvalue weighted by molar-refractivity contribution is -0.145. The number of hydrogen-bond donors (Lipinski definition) is 2. The van der Waals surface area contributed by atoms with E-state index in [4.69, 9.17) is 0 Å². The third kappa shape index (κ3) is 5.48. The van der Waals surface area contributed by atoms with E-state index in [-0.39, 0.29) is 19.0 Å². The lowest BCUT2D eigenvalue weighted by Gasteiger charge is -2.16. The van der Waals surface area contributed by atoms with Crippen LogP contribution in [0, 0.1) is 0 Å². The number of fused-ring (bicyclic) bond motifs is 1. The average Bonchev–Trinajstić information content (AvgIpc) is 3.05. The standard InChI is InChI=1S/C17H22N4O4S/c1-25-17(24)13(7-8-26-2)20-15(22)10-18-16(23)11-21-14-6-4-3-5-12(14)9-19-21/h3-6,9,13H,7-8,10-11H2,1-2H3,(H,18,23)(H,20,22)/t13-/m0/s1. The van der Waals surface area contributed by atoms with Gasteiger partial charge < -0.3 is 15.4 Å². The van der Waals surface area contributed by atoms with E-state index in [0.717, 1.165) is 10.9 Å². The molecule has 0 aliphatic heterocycles. The van der Waals surface area contributed by atoms with Gasteiger partial charge in [-0.05, 0) is 24.5 Å². The van der Waals surface area contributed by atoms with Crippen LogP contribution in [-0.2, 0) is 25.7 Å². The summed E-state index contributed by atoms with van der Waals surface area (Å²) in [5, 5.41) is 10.2. The van der Waals surface area contributed by atoms with Gasteiger partial charge in [0.15, 0.2) is 0 Å². The van der Waals surface area contributed by atoms with Crippen molar-refractivity contribution in [1.82, 2.24) is 20.4 Å². The highest BCUT2D eigenvalue weighted by Crippen LogP contribution is 2.12. The number of methoxy groups -OCH3 is 1. The molecule has 0 saturated carbocycles. The van der Waals surface area contributed by atoms with Crippen molar-refractivity contribution in [3.8, 4) is 0 Å². The Kier molecular flexibility index (Phi) is 7.46. The van der Waals surface area contributed by atoms with E-state index in [9.17, 15) is 14.4 Å². The van der Waals surface area contributed by atoms with Gasteiger partial charge in [-0.15, -0.1) is 0 Å². The van der Waals surface area contributed by atoms with Crippen molar-refractivity contribution in [2.75, 3.05) is 25.7 Å². The molecule has 1 aromatic carbocycles. The first-order valence-corrected chi connectivity index (χ1v) is 9.48. The van der Waals surface area contributed by atoms with Crippen LogP contribution in [0.2, 0.25) is 0 Å². The van der Waals surface area contributed by atoms with Crippen LogP contribution >= 0.6 is 11.8 Å². The Morgan fingerprint density at radius 2 is 2.04 bits per heavy atom. The molecule has 9 heteroatoms. The quantitative estimate of drug-likeness (QED) is 0.618. The average molecular weight is 378 g/mol. The number of nitrogens with one attached hydrogen (secondary N) is 2. The van der Waals surface area contributed by atoms with Crippen molar-refractivity contribution in [3.05, 3.63) is 30.5 Å². The summed E-state index contributed by atoms with van der Waals surface area (Å²) in [7, 11) is 1.27. The lowest BCUT2D eigenvalue weighted by atomic mass is 10.2. The minimum absolute atomic E-state index is 0.00764. The van der Waals surface area contributed by atoms with Crippen LogP contribution in [0.3, 0.4) is 0 Å². The van der Waals surface area contributed by atoms with E-state index >= 15 is 0 Å². The molecule has 2 N–H and O–H groups in total. The molecule has 0 saturated heterocycles. The number of carbonyl (C=O) groups excluding carboxylic acids is 3. The number of carbonyl (C=O) groups is 3. The number of esters is 1. The molecule has 0 spiro atoms. The summed E-state index contributed by atoms with van der Waals surface area (Å²) in [5.41, 5.74) is 0.843. The maximum absolute atomic E-state index is 12.1. The summed E-state index contributed by atoms with van der Waals surface area (Å²) in [4.78, 5) is 35.7. The minimum Gasteiger partial charge on any atom is -0.467 e. The number of thioether (sulfide) groups is 1. The molecule has 0 radical (unpaired) electrons. The lowest BCUT2D eigenvalue weighted by Crippen LogP contribution is -2.46. The van der Waals surface area contributed by atoms with Crippen molar-refractivity contribution >= 4 is 40.4 Å². The summed E-state index contributed by atoms with van der Waals surface area (Å²) in [5.74, 6) is -0.576. The number of amides is 2. The Labute approximate surface area is 155 Å². The molecule has 140 valence electrons. The van der Waals surface area contributed by atoms with E-state index in [1.807, 2.05) is 30.5 Å². The Hall–Kier alpha value is -2.55. The van der Waals surface area contributed by atoms with Crippen molar-refractivity contribution in [2.45, 2.75) is 19.0 Å². The molecule has 1 atom stereocenters. The van der Waals surface area contributed by atoms with E-state index in [1.165, 1.54) is 7.11 Å². The molecule has 0 aliphatic carbocycles. The number of ether oxygens (including phenoxy) is 1. The first-order chi connectivity index (χ1) is 12.5. The Balaban J connectivity index is 1.84. The van der Waals surface area contributed by atoms with E-state index in [0.29, 0.717) is 12.2 Å². The largest absolute Gasteiger partial charge is 0.467 e. The molecule has 2 rings (SSSR count). The number of hydrogen-bond acceptors (Lipinski definition) is 6. The van der Waals surface area contributed by atoms with Gasteiger partial charge in [0.05, 0.1) is 25.4 Å². The molecule has 0 aliphatic rings. The predicted molar refractivity (Wildman–Crippen MR) is 99.7 cm³/mol. The van der Waals surface area contributed by atoms with Gasteiger partial charge >= 0.3 is 5.97 Å². The van der Waals surface area contributed by atoms with Gasteiger partial charge in [0.2, 0.25) is 11.8 Å². The van der Waals surface area contributed by atoms with Crippen molar-refractivity contribution in [2.24, 2.45) is 0 Å². The van der Waals surface area contributed by atoms with Gasteiger partial charge in [0, 0.05) is 5.39 Å². The van der Waals surface area contributed by atoms with Crippen LogP contribution in [0.15, 0.2) is 30.5 Å². The summed E-state index contributed by atoms with van der Waals surface area (Å²) in [6.07, 6.45) is 4.06. The fourth-order valence-electron chi connectivity index (χ4n) is 2.39. The van der Waals surface area contributed by atoms with Crippen LogP contribution in [0.25, 0.3) is 10.9 Å². The highest BCUT2D eigenvalue weighted by atomic mass is 32.2. The third-order valence-electron chi connectivity index (χ3n) is 3.72. The van der Waals surface area contributed by atoms with Gasteiger partial charge in [-0.1, -0.05) is 18.2 Å². The zero-order chi connectivity index (χ0) is 18.9.